The maximum Gasteiger partial charge on any atom is 0.160 e. The molecule has 90 valence electrons. The van der Waals surface area contributed by atoms with Crippen molar-refractivity contribution in [1.82, 2.24) is 10.3 Å². The van der Waals surface area contributed by atoms with E-state index in [9.17, 15) is 0 Å². The van der Waals surface area contributed by atoms with Crippen molar-refractivity contribution >= 4 is 22.4 Å². The Hall–Kier alpha value is -1.78. The predicted octanol–water partition coefficient (Wildman–Crippen LogP) is 2.41. The topological polar surface area (TPSA) is 77.0 Å². The van der Waals surface area contributed by atoms with Gasteiger partial charge in [-0.2, -0.15) is 0 Å². The molecule has 5 nitrogen and oxygen atoms in total. The molecule has 1 fully saturated rings. The van der Waals surface area contributed by atoms with E-state index in [0.717, 1.165) is 11.6 Å². The van der Waals surface area contributed by atoms with Gasteiger partial charge in [0.1, 0.15) is 0 Å². The standard InChI is InChI=1S/C12H16N4O/c1-12(2,7-3-4-7)14-9-6-5-8(13)10-11(9)16-17-15-10/h5-7,14H,3-4,13H2,1-2H3. The van der Waals surface area contributed by atoms with Gasteiger partial charge in [-0.25, -0.2) is 4.63 Å². The number of nitrogen functional groups attached to an aromatic ring is 1. The minimum absolute atomic E-state index is 0.0714. The third kappa shape index (κ3) is 1.71. The van der Waals surface area contributed by atoms with Crippen molar-refractivity contribution in [2.24, 2.45) is 5.92 Å². The zero-order chi connectivity index (χ0) is 12.0. The summed E-state index contributed by atoms with van der Waals surface area (Å²) in [6.07, 6.45) is 2.57. The van der Waals surface area contributed by atoms with E-state index in [1.54, 1.807) is 0 Å². The summed E-state index contributed by atoms with van der Waals surface area (Å²) < 4.78 is 4.76. The fourth-order valence-electron chi connectivity index (χ4n) is 2.24. The van der Waals surface area contributed by atoms with Crippen LogP contribution in [0.3, 0.4) is 0 Å². The molecule has 1 saturated carbocycles. The van der Waals surface area contributed by atoms with Crippen LogP contribution in [0.2, 0.25) is 0 Å². The van der Waals surface area contributed by atoms with E-state index >= 15 is 0 Å². The number of anilines is 2. The highest BCUT2D eigenvalue weighted by atomic mass is 16.6. The van der Waals surface area contributed by atoms with Crippen LogP contribution in [0.15, 0.2) is 16.8 Å². The van der Waals surface area contributed by atoms with Gasteiger partial charge >= 0.3 is 0 Å². The summed E-state index contributed by atoms with van der Waals surface area (Å²) in [4.78, 5) is 0. The van der Waals surface area contributed by atoms with E-state index in [0.29, 0.717) is 16.7 Å². The summed E-state index contributed by atoms with van der Waals surface area (Å²) >= 11 is 0. The van der Waals surface area contributed by atoms with Gasteiger partial charge in [-0.1, -0.05) is 0 Å². The molecule has 0 unspecified atom stereocenters. The number of aromatic nitrogens is 2. The molecular formula is C12H16N4O. The number of rotatable bonds is 3. The molecule has 0 atom stereocenters. The van der Waals surface area contributed by atoms with Crippen molar-refractivity contribution in [2.45, 2.75) is 32.2 Å². The molecule has 17 heavy (non-hydrogen) atoms. The van der Waals surface area contributed by atoms with Crippen molar-refractivity contribution in [2.75, 3.05) is 11.1 Å². The van der Waals surface area contributed by atoms with Crippen molar-refractivity contribution in [3.8, 4) is 0 Å². The van der Waals surface area contributed by atoms with Gasteiger partial charge in [-0.3, -0.25) is 0 Å². The van der Waals surface area contributed by atoms with Crippen molar-refractivity contribution in [1.29, 1.82) is 0 Å². The average molecular weight is 232 g/mol. The molecule has 1 aliphatic rings. The van der Waals surface area contributed by atoms with Crippen LogP contribution in [0.4, 0.5) is 11.4 Å². The predicted molar refractivity (Wildman–Crippen MR) is 66.6 cm³/mol. The quantitative estimate of drug-likeness (QED) is 0.794. The monoisotopic (exact) mass is 232 g/mol. The Morgan fingerprint density at radius 3 is 2.71 bits per heavy atom. The van der Waals surface area contributed by atoms with E-state index in [-0.39, 0.29) is 5.54 Å². The Morgan fingerprint density at radius 1 is 1.29 bits per heavy atom. The minimum Gasteiger partial charge on any atom is -0.397 e. The molecule has 0 spiro atoms. The van der Waals surface area contributed by atoms with Crippen LogP contribution in [-0.2, 0) is 0 Å². The van der Waals surface area contributed by atoms with Gasteiger partial charge in [0.15, 0.2) is 11.0 Å². The first-order valence-electron chi connectivity index (χ1n) is 5.87. The van der Waals surface area contributed by atoms with Crippen LogP contribution in [0.25, 0.3) is 11.0 Å². The molecule has 0 bridgehead atoms. The normalized spacial score (nSPS) is 16.4. The Balaban J connectivity index is 2.00. The molecular weight excluding hydrogens is 216 g/mol. The summed E-state index contributed by atoms with van der Waals surface area (Å²) in [6.45, 7) is 4.42. The number of hydrogen-bond donors (Lipinski definition) is 2. The Labute approximate surface area is 99.3 Å². The highest BCUT2D eigenvalue weighted by Gasteiger charge is 2.38. The second-order valence-electron chi connectivity index (χ2n) is 5.28. The molecule has 3 N–H and O–H groups in total. The molecule has 1 aromatic heterocycles. The minimum atomic E-state index is 0.0714. The number of nitrogens with zero attached hydrogens (tertiary/aromatic N) is 2. The lowest BCUT2D eigenvalue weighted by atomic mass is 9.98. The van der Waals surface area contributed by atoms with Crippen LogP contribution in [-0.4, -0.2) is 15.9 Å². The SMILES string of the molecule is CC(C)(Nc1ccc(N)c2nonc12)C1CC1. The second kappa shape index (κ2) is 3.35. The Morgan fingerprint density at radius 2 is 2.00 bits per heavy atom. The molecule has 5 heteroatoms. The molecule has 1 aromatic carbocycles. The molecule has 0 amide bonds. The fourth-order valence-corrected chi connectivity index (χ4v) is 2.24. The van der Waals surface area contributed by atoms with Crippen LogP contribution < -0.4 is 11.1 Å². The van der Waals surface area contributed by atoms with E-state index in [4.69, 9.17) is 10.4 Å². The number of fused-ring (bicyclic) bond motifs is 1. The smallest absolute Gasteiger partial charge is 0.160 e. The van der Waals surface area contributed by atoms with E-state index < -0.39 is 0 Å². The molecule has 2 aromatic rings. The molecule has 0 radical (unpaired) electrons. The Kier molecular flexibility index (Phi) is 2.05. The van der Waals surface area contributed by atoms with Crippen molar-refractivity contribution < 1.29 is 4.63 Å². The number of benzene rings is 1. The van der Waals surface area contributed by atoms with E-state index in [1.165, 1.54) is 12.8 Å². The first-order valence-corrected chi connectivity index (χ1v) is 5.87. The van der Waals surface area contributed by atoms with Gasteiger partial charge in [-0.05, 0) is 55.1 Å². The zero-order valence-corrected chi connectivity index (χ0v) is 10.0. The third-order valence-electron chi connectivity index (χ3n) is 3.50. The fraction of sp³-hybridized carbons (Fsp3) is 0.500. The molecule has 3 rings (SSSR count). The van der Waals surface area contributed by atoms with Gasteiger partial charge in [0.2, 0.25) is 0 Å². The van der Waals surface area contributed by atoms with Crippen molar-refractivity contribution in [3.63, 3.8) is 0 Å². The van der Waals surface area contributed by atoms with Crippen LogP contribution in [0, 0.1) is 5.92 Å². The third-order valence-corrected chi connectivity index (χ3v) is 3.50. The zero-order valence-electron chi connectivity index (χ0n) is 10.0. The molecule has 1 heterocycles. The van der Waals surface area contributed by atoms with E-state index in [2.05, 4.69) is 29.5 Å². The molecule has 0 aliphatic heterocycles. The summed E-state index contributed by atoms with van der Waals surface area (Å²) in [5, 5.41) is 11.3. The summed E-state index contributed by atoms with van der Waals surface area (Å²) in [5.41, 5.74) is 8.75. The number of hydrogen-bond acceptors (Lipinski definition) is 5. The summed E-state index contributed by atoms with van der Waals surface area (Å²) in [6, 6.07) is 3.77. The molecule has 0 saturated heterocycles. The van der Waals surface area contributed by atoms with E-state index in [1.807, 2.05) is 12.1 Å². The largest absolute Gasteiger partial charge is 0.397 e. The highest BCUT2D eigenvalue weighted by Crippen LogP contribution is 2.41. The maximum absolute atomic E-state index is 5.82. The van der Waals surface area contributed by atoms with Gasteiger partial charge in [0, 0.05) is 5.54 Å². The maximum atomic E-state index is 5.82. The van der Waals surface area contributed by atoms with Gasteiger partial charge in [0.25, 0.3) is 0 Å². The first kappa shape index (κ1) is 10.4. The average Bonchev–Trinajstić information content (AvgIpc) is 3.01. The lowest BCUT2D eigenvalue weighted by molar-refractivity contribution is 0.315. The first-order chi connectivity index (χ1) is 8.08. The lowest BCUT2D eigenvalue weighted by Crippen LogP contribution is -2.33. The van der Waals surface area contributed by atoms with Crippen LogP contribution >= 0.6 is 0 Å². The van der Waals surface area contributed by atoms with Gasteiger partial charge in [0.05, 0.1) is 11.4 Å². The molecule has 1 aliphatic carbocycles. The van der Waals surface area contributed by atoms with Gasteiger partial charge < -0.3 is 11.1 Å². The number of nitrogens with two attached hydrogens (primary N) is 1. The van der Waals surface area contributed by atoms with Crippen molar-refractivity contribution in [3.05, 3.63) is 12.1 Å². The lowest BCUT2D eigenvalue weighted by Gasteiger charge is -2.27. The highest BCUT2D eigenvalue weighted by molar-refractivity contribution is 5.95. The van der Waals surface area contributed by atoms with Crippen LogP contribution in [0.5, 0.6) is 0 Å². The summed E-state index contributed by atoms with van der Waals surface area (Å²) in [5.74, 6) is 0.731. The summed E-state index contributed by atoms with van der Waals surface area (Å²) in [7, 11) is 0. The van der Waals surface area contributed by atoms with Crippen LogP contribution in [0.1, 0.15) is 26.7 Å². The Bertz CT molecular complexity index is 557. The second-order valence-corrected chi connectivity index (χ2v) is 5.28. The van der Waals surface area contributed by atoms with Gasteiger partial charge in [-0.15, -0.1) is 0 Å². The number of nitrogens with one attached hydrogen (secondary N) is 1.